The zero-order valence-corrected chi connectivity index (χ0v) is 15.2. The standard InChI is InChI=1S/C16H25N3O.2ClH/c1-16(2)13-18(15(20)11-17-3)9-10-19(16)12-14-7-5-4-6-8-14;;/h4-8,17H,9-13H2,1-3H3;2*1H. The fraction of sp³-hybridized carbons (Fsp3) is 0.562. The first-order valence-corrected chi connectivity index (χ1v) is 7.24. The highest BCUT2D eigenvalue weighted by atomic mass is 35.5. The van der Waals surface area contributed by atoms with Crippen LogP contribution < -0.4 is 5.32 Å². The quantitative estimate of drug-likeness (QED) is 0.906. The molecule has 22 heavy (non-hydrogen) atoms. The molecule has 0 spiro atoms. The maximum absolute atomic E-state index is 12.0. The molecular weight excluding hydrogens is 321 g/mol. The summed E-state index contributed by atoms with van der Waals surface area (Å²) in [6.45, 7) is 8.34. The van der Waals surface area contributed by atoms with Gasteiger partial charge in [-0.3, -0.25) is 9.69 Å². The average Bonchev–Trinajstić information content (AvgIpc) is 2.42. The van der Waals surface area contributed by atoms with Crippen LogP contribution in [0, 0.1) is 0 Å². The van der Waals surface area contributed by atoms with Gasteiger partial charge in [0.2, 0.25) is 5.91 Å². The van der Waals surface area contributed by atoms with Crippen LogP contribution in [0.25, 0.3) is 0 Å². The smallest absolute Gasteiger partial charge is 0.236 e. The lowest BCUT2D eigenvalue weighted by atomic mass is 9.97. The summed E-state index contributed by atoms with van der Waals surface area (Å²) < 4.78 is 0. The Labute approximate surface area is 146 Å². The van der Waals surface area contributed by atoms with Gasteiger partial charge in [0.25, 0.3) is 0 Å². The van der Waals surface area contributed by atoms with Gasteiger partial charge in [-0.1, -0.05) is 30.3 Å². The summed E-state index contributed by atoms with van der Waals surface area (Å²) in [4.78, 5) is 16.4. The minimum absolute atomic E-state index is 0. The third kappa shape index (κ3) is 5.43. The number of nitrogens with zero attached hydrogens (tertiary/aromatic N) is 2. The maximum atomic E-state index is 12.0. The van der Waals surface area contributed by atoms with Crippen molar-refractivity contribution >= 4 is 30.7 Å². The molecule has 126 valence electrons. The van der Waals surface area contributed by atoms with Crippen molar-refractivity contribution in [3.8, 4) is 0 Å². The minimum Gasteiger partial charge on any atom is -0.338 e. The number of benzene rings is 1. The SMILES string of the molecule is CNCC(=O)N1CCN(Cc2ccccc2)C(C)(C)C1.Cl.Cl. The summed E-state index contributed by atoms with van der Waals surface area (Å²) in [5, 5.41) is 2.94. The van der Waals surface area contributed by atoms with E-state index in [4.69, 9.17) is 0 Å². The van der Waals surface area contributed by atoms with E-state index in [2.05, 4.69) is 48.3 Å². The van der Waals surface area contributed by atoms with E-state index in [1.54, 1.807) is 0 Å². The molecule has 0 aliphatic carbocycles. The first kappa shape index (κ1) is 21.2. The Morgan fingerprint density at radius 2 is 1.82 bits per heavy atom. The topological polar surface area (TPSA) is 35.6 Å². The average molecular weight is 348 g/mol. The number of carbonyl (C=O) groups is 1. The summed E-state index contributed by atoms with van der Waals surface area (Å²) in [7, 11) is 1.81. The Kier molecular flexibility index (Phi) is 9.01. The minimum atomic E-state index is 0. The van der Waals surface area contributed by atoms with Crippen molar-refractivity contribution in [2.24, 2.45) is 0 Å². The van der Waals surface area contributed by atoms with Gasteiger partial charge >= 0.3 is 0 Å². The van der Waals surface area contributed by atoms with E-state index >= 15 is 0 Å². The van der Waals surface area contributed by atoms with Crippen LogP contribution in [-0.2, 0) is 11.3 Å². The Morgan fingerprint density at radius 3 is 2.36 bits per heavy atom. The summed E-state index contributed by atoms with van der Waals surface area (Å²) in [6.07, 6.45) is 0. The first-order valence-electron chi connectivity index (χ1n) is 7.24. The van der Waals surface area contributed by atoms with Crippen molar-refractivity contribution in [2.75, 3.05) is 33.2 Å². The van der Waals surface area contributed by atoms with Crippen molar-refractivity contribution in [3.63, 3.8) is 0 Å². The van der Waals surface area contributed by atoms with Crippen molar-refractivity contribution in [1.82, 2.24) is 15.1 Å². The summed E-state index contributed by atoms with van der Waals surface area (Å²) >= 11 is 0. The monoisotopic (exact) mass is 347 g/mol. The van der Waals surface area contributed by atoms with E-state index < -0.39 is 0 Å². The molecule has 0 aromatic heterocycles. The highest BCUT2D eigenvalue weighted by Crippen LogP contribution is 2.23. The molecule has 1 saturated heterocycles. The largest absolute Gasteiger partial charge is 0.338 e. The van der Waals surface area contributed by atoms with Crippen LogP contribution in [0.5, 0.6) is 0 Å². The molecule has 1 N–H and O–H groups in total. The lowest BCUT2D eigenvalue weighted by Gasteiger charge is -2.47. The maximum Gasteiger partial charge on any atom is 0.236 e. The lowest BCUT2D eigenvalue weighted by Crippen LogP contribution is -2.60. The van der Waals surface area contributed by atoms with Gasteiger partial charge in [-0.05, 0) is 26.5 Å². The van der Waals surface area contributed by atoms with Gasteiger partial charge in [-0.2, -0.15) is 0 Å². The van der Waals surface area contributed by atoms with Crippen molar-refractivity contribution < 1.29 is 4.79 Å². The normalized spacial score (nSPS) is 17.3. The highest BCUT2D eigenvalue weighted by molar-refractivity contribution is 5.85. The number of rotatable bonds is 4. The number of nitrogens with one attached hydrogen (secondary N) is 1. The molecule has 0 radical (unpaired) electrons. The van der Waals surface area contributed by atoms with Crippen LogP contribution >= 0.6 is 24.8 Å². The number of halogens is 2. The van der Waals surface area contributed by atoms with Crippen LogP contribution in [0.3, 0.4) is 0 Å². The molecule has 2 rings (SSSR count). The molecule has 6 heteroatoms. The second-order valence-electron chi connectivity index (χ2n) is 6.07. The molecular formula is C16H27Cl2N3O. The number of carbonyl (C=O) groups excluding carboxylic acids is 1. The predicted octanol–water partition coefficient (Wildman–Crippen LogP) is 2.17. The Balaban J connectivity index is 0.00000220. The van der Waals surface area contributed by atoms with E-state index in [0.717, 1.165) is 26.2 Å². The van der Waals surface area contributed by atoms with E-state index in [1.165, 1.54) is 5.56 Å². The third-order valence-electron chi connectivity index (χ3n) is 3.97. The number of amides is 1. The second-order valence-corrected chi connectivity index (χ2v) is 6.07. The number of hydrogen-bond acceptors (Lipinski definition) is 3. The van der Waals surface area contributed by atoms with Gasteiger partial charge in [0, 0.05) is 31.7 Å². The van der Waals surface area contributed by atoms with E-state index in [0.29, 0.717) is 6.54 Å². The van der Waals surface area contributed by atoms with Crippen LogP contribution in [0.15, 0.2) is 30.3 Å². The molecule has 1 heterocycles. The van der Waals surface area contributed by atoms with Gasteiger partial charge < -0.3 is 10.2 Å². The summed E-state index contributed by atoms with van der Waals surface area (Å²) in [5.41, 5.74) is 1.34. The molecule has 1 fully saturated rings. The summed E-state index contributed by atoms with van der Waals surface area (Å²) in [6, 6.07) is 10.5. The van der Waals surface area contributed by atoms with Crippen LogP contribution in [0.1, 0.15) is 19.4 Å². The highest BCUT2D eigenvalue weighted by Gasteiger charge is 2.35. The van der Waals surface area contributed by atoms with Crippen LogP contribution in [0.4, 0.5) is 0 Å². The lowest BCUT2D eigenvalue weighted by molar-refractivity contribution is -0.135. The van der Waals surface area contributed by atoms with Crippen molar-refractivity contribution in [1.29, 1.82) is 0 Å². The van der Waals surface area contributed by atoms with Gasteiger partial charge in [-0.15, -0.1) is 24.8 Å². The second kappa shape index (κ2) is 9.36. The number of hydrogen-bond donors (Lipinski definition) is 1. The number of piperazine rings is 1. The van der Waals surface area contributed by atoms with Crippen molar-refractivity contribution in [3.05, 3.63) is 35.9 Å². The fourth-order valence-corrected chi connectivity index (χ4v) is 2.76. The molecule has 1 amide bonds. The molecule has 0 saturated carbocycles. The van der Waals surface area contributed by atoms with Gasteiger partial charge in [0.05, 0.1) is 6.54 Å². The van der Waals surface area contributed by atoms with E-state index in [9.17, 15) is 4.79 Å². The van der Waals surface area contributed by atoms with Gasteiger partial charge in [0.15, 0.2) is 0 Å². The van der Waals surface area contributed by atoms with Crippen LogP contribution in [0.2, 0.25) is 0 Å². The molecule has 4 nitrogen and oxygen atoms in total. The molecule has 1 aliphatic heterocycles. The molecule has 0 atom stereocenters. The predicted molar refractivity (Wildman–Crippen MR) is 95.9 cm³/mol. The van der Waals surface area contributed by atoms with Gasteiger partial charge in [0.1, 0.15) is 0 Å². The first-order chi connectivity index (χ1) is 9.53. The van der Waals surface area contributed by atoms with Gasteiger partial charge in [-0.25, -0.2) is 0 Å². The van der Waals surface area contributed by atoms with E-state index in [1.807, 2.05) is 18.0 Å². The molecule has 1 aromatic rings. The van der Waals surface area contributed by atoms with Crippen LogP contribution in [-0.4, -0.2) is 54.5 Å². The molecule has 0 unspecified atom stereocenters. The molecule has 0 bridgehead atoms. The Bertz CT molecular complexity index is 454. The van der Waals surface area contributed by atoms with Crippen molar-refractivity contribution in [2.45, 2.75) is 25.9 Å². The fourth-order valence-electron chi connectivity index (χ4n) is 2.76. The van der Waals surface area contributed by atoms with E-state index in [-0.39, 0.29) is 36.3 Å². The number of likely N-dealkylation sites (N-methyl/N-ethyl adjacent to an activating group) is 1. The zero-order valence-electron chi connectivity index (χ0n) is 13.5. The molecule has 1 aromatic carbocycles. The third-order valence-corrected chi connectivity index (χ3v) is 3.97. The summed E-state index contributed by atoms with van der Waals surface area (Å²) in [5.74, 6) is 0.194. The molecule has 1 aliphatic rings. The Hall–Kier alpha value is -0.810. The Morgan fingerprint density at radius 1 is 1.18 bits per heavy atom. The zero-order chi connectivity index (χ0) is 14.6.